The number of nitrogens with zero attached hydrogens (tertiary/aromatic N) is 1. The van der Waals surface area contributed by atoms with E-state index in [0.717, 1.165) is 5.69 Å². The van der Waals surface area contributed by atoms with Crippen LogP contribution in [0.15, 0.2) is 24.3 Å². The Hall–Kier alpha value is -2.24. The Morgan fingerprint density at radius 3 is 2.30 bits per heavy atom. The molecule has 1 amide bonds. The van der Waals surface area contributed by atoms with Crippen molar-refractivity contribution in [1.82, 2.24) is 5.32 Å². The highest BCUT2D eigenvalue weighted by atomic mass is 16.5. The van der Waals surface area contributed by atoms with Gasteiger partial charge in [0, 0.05) is 19.8 Å². The minimum absolute atomic E-state index is 0.244. The summed E-state index contributed by atoms with van der Waals surface area (Å²) in [6, 6.07) is 6.39. The summed E-state index contributed by atoms with van der Waals surface area (Å²) in [6.45, 7) is 1.95. The maximum absolute atomic E-state index is 11.9. The molecule has 1 aromatic rings. The number of carbonyl (C=O) groups is 2. The minimum Gasteiger partial charge on any atom is -0.464 e. The minimum atomic E-state index is -0.876. The van der Waals surface area contributed by atoms with E-state index in [1.165, 1.54) is 7.11 Å². The zero-order valence-corrected chi connectivity index (χ0v) is 12.2. The van der Waals surface area contributed by atoms with Gasteiger partial charge in [-0.2, -0.15) is 0 Å². The molecule has 110 valence electrons. The highest BCUT2D eigenvalue weighted by Crippen LogP contribution is 2.19. The van der Waals surface area contributed by atoms with Gasteiger partial charge in [0.05, 0.1) is 13.7 Å². The maximum atomic E-state index is 11.9. The van der Waals surface area contributed by atoms with Crippen molar-refractivity contribution >= 4 is 17.7 Å². The summed E-state index contributed by atoms with van der Waals surface area (Å²) in [5.74, 6) is -0.518. The normalized spacial score (nSPS) is 11.4. The molecule has 0 saturated carbocycles. The Kier molecular flexibility index (Phi) is 5.83. The van der Waals surface area contributed by atoms with Gasteiger partial charge in [-0.1, -0.05) is 12.1 Å². The van der Waals surface area contributed by atoms with Crippen LogP contribution in [0.1, 0.15) is 18.5 Å². The van der Waals surface area contributed by atoms with Gasteiger partial charge in [-0.05, 0) is 24.6 Å². The number of amides is 1. The van der Waals surface area contributed by atoms with Crippen molar-refractivity contribution in [1.29, 1.82) is 0 Å². The van der Waals surface area contributed by atoms with Gasteiger partial charge < -0.3 is 19.7 Å². The molecule has 0 heterocycles. The first kappa shape index (κ1) is 15.8. The second-order valence-electron chi connectivity index (χ2n) is 4.31. The number of hydrogen-bond donors (Lipinski definition) is 1. The topological polar surface area (TPSA) is 67.9 Å². The van der Waals surface area contributed by atoms with Crippen molar-refractivity contribution in [3.63, 3.8) is 0 Å². The molecular weight excluding hydrogens is 260 g/mol. The number of nitrogens with one attached hydrogen (secondary N) is 1. The van der Waals surface area contributed by atoms with Crippen LogP contribution in [0.3, 0.4) is 0 Å². The van der Waals surface area contributed by atoms with E-state index in [9.17, 15) is 9.59 Å². The molecule has 0 fully saturated rings. The molecule has 0 spiro atoms. The third-order valence-corrected chi connectivity index (χ3v) is 2.71. The lowest BCUT2D eigenvalue weighted by Crippen LogP contribution is -2.34. The van der Waals surface area contributed by atoms with E-state index in [-0.39, 0.29) is 6.61 Å². The largest absolute Gasteiger partial charge is 0.464 e. The molecule has 20 heavy (non-hydrogen) atoms. The van der Waals surface area contributed by atoms with E-state index in [4.69, 9.17) is 4.74 Å². The molecule has 0 saturated heterocycles. The molecule has 0 aliphatic rings. The number of rotatable bonds is 5. The average Bonchev–Trinajstić information content (AvgIpc) is 2.44. The Balaban J connectivity index is 2.96. The van der Waals surface area contributed by atoms with E-state index >= 15 is 0 Å². The molecule has 1 N–H and O–H groups in total. The number of hydrogen-bond acceptors (Lipinski definition) is 5. The number of alkyl carbamates (subject to hydrolysis) is 1. The van der Waals surface area contributed by atoms with Gasteiger partial charge in [-0.3, -0.25) is 0 Å². The highest BCUT2D eigenvalue weighted by Gasteiger charge is 2.24. The molecule has 1 aromatic carbocycles. The lowest BCUT2D eigenvalue weighted by atomic mass is 10.1. The summed E-state index contributed by atoms with van der Waals surface area (Å²) in [5.41, 5.74) is 1.63. The van der Waals surface area contributed by atoms with Crippen molar-refractivity contribution in [2.45, 2.75) is 13.0 Å². The Bertz CT molecular complexity index is 457. The predicted molar refractivity (Wildman–Crippen MR) is 75.7 cm³/mol. The highest BCUT2D eigenvalue weighted by molar-refractivity contribution is 5.82. The lowest BCUT2D eigenvalue weighted by molar-refractivity contribution is -0.145. The molecule has 1 rings (SSSR count). The molecule has 0 aromatic heterocycles. The fraction of sp³-hybridized carbons (Fsp3) is 0.429. The van der Waals surface area contributed by atoms with Crippen LogP contribution in [0.2, 0.25) is 0 Å². The standard InChI is InChI=1S/C14H20N2O4/c1-5-20-13(17)12(15-14(18)19-4)10-6-8-11(9-7-10)16(2)3/h6-9,12H,5H2,1-4H3,(H,15,18)/t12-/m0/s1. The first-order valence-electron chi connectivity index (χ1n) is 6.28. The van der Waals surface area contributed by atoms with Crippen LogP contribution < -0.4 is 10.2 Å². The van der Waals surface area contributed by atoms with Gasteiger partial charge in [-0.25, -0.2) is 9.59 Å². The zero-order chi connectivity index (χ0) is 15.1. The smallest absolute Gasteiger partial charge is 0.407 e. The summed E-state index contributed by atoms with van der Waals surface area (Å²) in [7, 11) is 5.09. The van der Waals surface area contributed by atoms with Crippen LogP contribution in [0.5, 0.6) is 0 Å². The summed E-state index contributed by atoms with van der Waals surface area (Å²) in [6.07, 6.45) is -0.681. The molecule has 1 atom stereocenters. The van der Waals surface area contributed by atoms with Crippen LogP contribution in [0, 0.1) is 0 Å². The lowest BCUT2D eigenvalue weighted by Gasteiger charge is -2.18. The molecule has 0 bridgehead atoms. The molecule has 6 nitrogen and oxygen atoms in total. The van der Waals surface area contributed by atoms with E-state index in [2.05, 4.69) is 10.1 Å². The quantitative estimate of drug-likeness (QED) is 0.832. The number of esters is 1. The first-order valence-corrected chi connectivity index (χ1v) is 6.28. The number of ether oxygens (including phenoxy) is 2. The van der Waals surface area contributed by atoms with Crippen LogP contribution in [0.4, 0.5) is 10.5 Å². The van der Waals surface area contributed by atoms with E-state index in [1.807, 2.05) is 31.1 Å². The Morgan fingerprint density at radius 1 is 1.25 bits per heavy atom. The molecular formula is C14H20N2O4. The second-order valence-corrected chi connectivity index (χ2v) is 4.31. The Morgan fingerprint density at radius 2 is 1.85 bits per heavy atom. The van der Waals surface area contributed by atoms with Gasteiger partial charge >= 0.3 is 12.1 Å². The number of anilines is 1. The SMILES string of the molecule is CCOC(=O)[C@@H](NC(=O)OC)c1ccc(N(C)C)cc1. The average molecular weight is 280 g/mol. The van der Waals surface area contributed by atoms with Crippen molar-refractivity contribution in [3.8, 4) is 0 Å². The van der Waals surface area contributed by atoms with Crippen LogP contribution in [0.25, 0.3) is 0 Å². The summed E-state index contributed by atoms with van der Waals surface area (Å²) in [4.78, 5) is 25.2. The Labute approximate surface area is 118 Å². The first-order chi connectivity index (χ1) is 9.49. The number of carbonyl (C=O) groups excluding carboxylic acids is 2. The van der Waals surface area contributed by atoms with Crippen molar-refractivity contribution in [2.24, 2.45) is 0 Å². The molecule has 0 unspecified atom stereocenters. The van der Waals surface area contributed by atoms with Crippen molar-refractivity contribution in [2.75, 3.05) is 32.7 Å². The molecule has 6 heteroatoms. The third-order valence-electron chi connectivity index (χ3n) is 2.71. The van der Waals surface area contributed by atoms with Gasteiger partial charge in [-0.15, -0.1) is 0 Å². The molecule has 0 radical (unpaired) electrons. The predicted octanol–water partition coefficient (Wildman–Crippen LogP) is 1.71. The van der Waals surface area contributed by atoms with Crippen LogP contribution in [-0.4, -0.2) is 39.9 Å². The van der Waals surface area contributed by atoms with Gasteiger partial charge in [0.1, 0.15) is 0 Å². The molecule has 0 aliphatic heterocycles. The van der Waals surface area contributed by atoms with E-state index in [1.54, 1.807) is 19.1 Å². The summed E-state index contributed by atoms with van der Waals surface area (Å²) < 4.78 is 9.49. The van der Waals surface area contributed by atoms with Crippen molar-refractivity contribution in [3.05, 3.63) is 29.8 Å². The fourth-order valence-electron chi connectivity index (χ4n) is 1.65. The third kappa shape index (κ3) is 4.15. The van der Waals surface area contributed by atoms with Crippen LogP contribution >= 0.6 is 0 Å². The zero-order valence-electron chi connectivity index (χ0n) is 12.2. The summed E-state index contributed by atoms with van der Waals surface area (Å²) in [5, 5.41) is 2.47. The number of methoxy groups -OCH3 is 1. The van der Waals surface area contributed by atoms with E-state index < -0.39 is 18.1 Å². The maximum Gasteiger partial charge on any atom is 0.407 e. The monoisotopic (exact) mass is 280 g/mol. The van der Waals surface area contributed by atoms with Crippen LogP contribution in [-0.2, 0) is 14.3 Å². The molecule has 0 aliphatic carbocycles. The van der Waals surface area contributed by atoms with E-state index in [0.29, 0.717) is 5.56 Å². The summed E-state index contributed by atoms with van der Waals surface area (Å²) >= 11 is 0. The van der Waals surface area contributed by atoms with Crippen molar-refractivity contribution < 1.29 is 19.1 Å². The van der Waals surface area contributed by atoms with Gasteiger partial charge in [0.15, 0.2) is 6.04 Å². The second kappa shape index (κ2) is 7.37. The van der Waals surface area contributed by atoms with Gasteiger partial charge in [0.25, 0.3) is 0 Å². The van der Waals surface area contributed by atoms with Gasteiger partial charge in [0.2, 0.25) is 0 Å². The number of benzene rings is 1. The fourth-order valence-corrected chi connectivity index (χ4v) is 1.65.